The van der Waals surface area contributed by atoms with Gasteiger partial charge in [-0.05, 0) is 83.4 Å². The van der Waals surface area contributed by atoms with Crippen LogP contribution in [0.15, 0.2) is 45.8 Å². The molecule has 7 heteroatoms. The van der Waals surface area contributed by atoms with Crippen molar-refractivity contribution in [3.63, 3.8) is 0 Å². The average molecular weight is 465 g/mol. The summed E-state index contributed by atoms with van der Waals surface area (Å²) in [4.78, 5) is 12.8. The second-order valence-corrected chi connectivity index (χ2v) is 10.3. The van der Waals surface area contributed by atoms with Crippen LogP contribution in [0.25, 0.3) is 0 Å². The fourth-order valence-electron chi connectivity index (χ4n) is 3.42. The van der Waals surface area contributed by atoms with Gasteiger partial charge in [0.2, 0.25) is 10.0 Å². The Morgan fingerprint density at radius 3 is 2.43 bits per heavy atom. The van der Waals surface area contributed by atoms with Crippen LogP contribution >= 0.6 is 15.9 Å². The van der Waals surface area contributed by atoms with E-state index in [-0.39, 0.29) is 16.8 Å². The normalized spacial score (nSPS) is 15.2. The lowest BCUT2D eigenvalue weighted by molar-refractivity contribution is 0.0939. The molecule has 2 aromatic carbocycles. The second-order valence-electron chi connectivity index (χ2n) is 7.36. The zero-order valence-corrected chi connectivity index (χ0v) is 18.7. The van der Waals surface area contributed by atoms with Crippen LogP contribution in [0.4, 0.5) is 0 Å². The number of amides is 1. The number of carbonyl (C=O) groups excluding carboxylic acids is 1. The van der Waals surface area contributed by atoms with Gasteiger partial charge in [0, 0.05) is 24.1 Å². The summed E-state index contributed by atoms with van der Waals surface area (Å²) < 4.78 is 26.5. The van der Waals surface area contributed by atoms with Crippen molar-refractivity contribution in [1.82, 2.24) is 9.62 Å². The summed E-state index contributed by atoms with van der Waals surface area (Å²) in [6, 6.07) is 10.9. The SMILES string of the molecule is CC(NC(=O)c1ccc(Br)c(S(=O)(=O)N(C)C)c1)c1ccc2c(c1)CCCC2. The summed E-state index contributed by atoms with van der Waals surface area (Å²) in [5.41, 5.74) is 4.15. The van der Waals surface area contributed by atoms with E-state index in [9.17, 15) is 13.2 Å². The minimum Gasteiger partial charge on any atom is -0.346 e. The van der Waals surface area contributed by atoms with Gasteiger partial charge in [-0.1, -0.05) is 18.2 Å². The van der Waals surface area contributed by atoms with Gasteiger partial charge in [-0.25, -0.2) is 12.7 Å². The Kier molecular flexibility index (Phi) is 6.27. The Hall–Kier alpha value is -1.70. The molecule has 2 aromatic rings. The third-order valence-corrected chi connectivity index (χ3v) is 7.98. The Labute approximate surface area is 175 Å². The molecule has 1 atom stereocenters. The van der Waals surface area contributed by atoms with Gasteiger partial charge in [0.15, 0.2) is 0 Å². The molecule has 1 N–H and O–H groups in total. The third kappa shape index (κ3) is 4.31. The topological polar surface area (TPSA) is 66.5 Å². The van der Waals surface area contributed by atoms with Gasteiger partial charge in [0.05, 0.1) is 10.9 Å². The third-order valence-electron chi connectivity index (χ3n) is 5.17. The van der Waals surface area contributed by atoms with E-state index in [2.05, 4.69) is 39.4 Å². The highest BCUT2D eigenvalue weighted by molar-refractivity contribution is 9.10. The molecular formula is C21H25BrN2O3S. The molecular weight excluding hydrogens is 440 g/mol. The first-order valence-electron chi connectivity index (χ1n) is 9.35. The summed E-state index contributed by atoms with van der Waals surface area (Å²) in [5, 5.41) is 2.98. The predicted octanol–water partition coefficient (Wildman–Crippen LogP) is 4.07. The van der Waals surface area contributed by atoms with E-state index in [4.69, 9.17) is 0 Å². The monoisotopic (exact) mass is 464 g/mol. The molecule has 0 radical (unpaired) electrons. The smallest absolute Gasteiger partial charge is 0.251 e. The van der Waals surface area contributed by atoms with Gasteiger partial charge in [0.1, 0.15) is 0 Å². The molecule has 0 saturated heterocycles. The Morgan fingerprint density at radius 1 is 1.07 bits per heavy atom. The summed E-state index contributed by atoms with van der Waals surface area (Å²) in [5.74, 6) is -0.298. The number of nitrogens with zero attached hydrogens (tertiary/aromatic N) is 1. The van der Waals surface area contributed by atoms with Crippen LogP contribution in [0.5, 0.6) is 0 Å². The fourth-order valence-corrected chi connectivity index (χ4v) is 5.27. The van der Waals surface area contributed by atoms with Crippen LogP contribution in [-0.2, 0) is 22.9 Å². The molecule has 0 fully saturated rings. The first-order chi connectivity index (χ1) is 13.2. The van der Waals surface area contributed by atoms with Crippen LogP contribution in [0.1, 0.15) is 52.9 Å². The zero-order chi connectivity index (χ0) is 20.5. The fraction of sp³-hybridized carbons (Fsp3) is 0.381. The molecule has 0 aromatic heterocycles. The molecule has 0 bridgehead atoms. The molecule has 1 aliphatic rings. The van der Waals surface area contributed by atoms with Gasteiger partial charge in [-0.3, -0.25) is 4.79 Å². The maximum atomic E-state index is 12.7. The molecule has 0 spiro atoms. The number of hydrogen-bond acceptors (Lipinski definition) is 3. The number of carbonyl (C=O) groups is 1. The minimum atomic E-state index is -3.65. The van der Waals surface area contributed by atoms with E-state index in [0.717, 1.165) is 22.7 Å². The minimum absolute atomic E-state index is 0.0755. The predicted molar refractivity (Wildman–Crippen MR) is 114 cm³/mol. The number of rotatable bonds is 5. The number of halogens is 1. The highest BCUT2D eigenvalue weighted by atomic mass is 79.9. The van der Waals surface area contributed by atoms with E-state index in [1.807, 2.05) is 6.92 Å². The number of sulfonamides is 1. The van der Waals surface area contributed by atoms with E-state index in [0.29, 0.717) is 10.0 Å². The Bertz CT molecular complexity index is 1000. The molecule has 1 aliphatic carbocycles. The number of nitrogens with one attached hydrogen (secondary N) is 1. The first-order valence-corrected chi connectivity index (χ1v) is 11.6. The number of fused-ring (bicyclic) bond motifs is 1. The summed E-state index contributed by atoms with van der Waals surface area (Å²) in [6.07, 6.45) is 4.65. The van der Waals surface area contributed by atoms with Crippen molar-refractivity contribution < 1.29 is 13.2 Å². The number of hydrogen-bond donors (Lipinski definition) is 1. The van der Waals surface area contributed by atoms with E-state index >= 15 is 0 Å². The lowest BCUT2D eigenvalue weighted by Gasteiger charge is -2.20. The maximum Gasteiger partial charge on any atom is 0.251 e. The molecule has 150 valence electrons. The van der Waals surface area contributed by atoms with Crippen molar-refractivity contribution >= 4 is 31.9 Å². The second kappa shape index (κ2) is 8.35. The van der Waals surface area contributed by atoms with Crippen molar-refractivity contribution in [2.45, 2.75) is 43.5 Å². The Balaban J connectivity index is 1.81. The molecule has 0 heterocycles. The lowest BCUT2D eigenvalue weighted by Crippen LogP contribution is -2.28. The van der Waals surface area contributed by atoms with Gasteiger partial charge >= 0.3 is 0 Å². The number of benzene rings is 2. The van der Waals surface area contributed by atoms with Gasteiger partial charge in [-0.2, -0.15) is 0 Å². The van der Waals surface area contributed by atoms with E-state index in [1.54, 1.807) is 12.1 Å². The van der Waals surface area contributed by atoms with Crippen LogP contribution in [-0.4, -0.2) is 32.7 Å². The van der Waals surface area contributed by atoms with Gasteiger partial charge in [-0.15, -0.1) is 0 Å². The molecule has 0 aliphatic heterocycles. The van der Waals surface area contributed by atoms with Crippen LogP contribution in [0.2, 0.25) is 0 Å². The molecule has 5 nitrogen and oxygen atoms in total. The van der Waals surface area contributed by atoms with Crippen molar-refractivity contribution in [2.24, 2.45) is 0 Å². The van der Waals surface area contributed by atoms with Gasteiger partial charge in [0.25, 0.3) is 5.91 Å². The molecule has 1 amide bonds. The number of aryl methyl sites for hydroxylation is 2. The quantitative estimate of drug-likeness (QED) is 0.724. The van der Waals surface area contributed by atoms with E-state index in [1.165, 1.54) is 44.1 Å². The molecule has 0 saturated carbocycles. The van der Waals surface area contributed by atoms with Crippen molar-refractivity contribution in [1.29, 1.82) is 0 Å². The average Bonchev–Trinajstić information content (AvgIpc) is 2.67. The molecule has 1 unspecified atom stereocenters. The molecule has 3 rings (SSSR count). The van der Waals surface area contributed by atoms with Crippen molar-refractivity contribution in [3.8, 4) is 0 Å². The van der Waals surface area contributed by atoms with E-state index < -0.39 is 10.0 Å². The summed E-state index contributed by atoms with van der Waals surface area (Å²) >= 11 is 3.27. The van der Waals surface area contributed by atoms with Crippen LogP contribution in [0, 0.1) is 0 Å². The van der Waals surface area contributed by atoms with Crippen LogP contribution in [0.3, 0.4) is 0 Å². The molecule has 28 heavy (non-hydrogen) atoms. The van der Waals surface area contributed by atoms with Crippen LogP contribution < -0.4 is 5.32 Å². The van der Waals surface area contributed by atoms with Crippen molar-refractivity contribution in [3.05, 3.63) is 63.1 Å². The summed E-state index contributed by atoms with van der Waals surface area (Å²) in [7, 11) is -0.718. The highest BCUT2D eigenvalue weighted by Gasteiger charge is 2.23. The summed E-state index contributed by atoms with van der Waals surface area (Å²) in [6.45, 7) is 1.94. The largest absolute Gasteiger partial charge is 0.346 e. The van der Waals surface area contributed by atoms with Crippen molar-refractivity contribution in [2.75, 3.05) is 14.1 Å². The van der Waals surface area contributed by atoms with Gasteiger partial charge < -0.3 is 5.32 Å². The lowest BCUT2D eigenvalue weighted by atomic mass is 9.89. The Morgan fingerprint density at radius 2 is 1.75 bits per heavy atom. The standard InChI is InChI=1S/C21H25BrN2O3S/c1-14(16-9-8-15-6-4-5-7-17(15)12-16)23-21(25)18-10-11-19(22)20(13-18)28(26,27)24(2)3/h8-14H,4-7H2,1-3H3,(H,23,25). The zero-order valence-electron chi connectivity index (χ0n) is 16.3. The first kappa shape index (κ1) is 21.0. The maximum absolute atomic E-state index is 12.7. The highest BCUT2D eigenvalue weighted by Crippen LogP contribution is 2.27.